The van der Waals surface area contributed by atoms with Crippen LogP contribution in [0.15, 0.2) is 0 Å². The van der Waals surface area contributed by atoms with Crippen LogP contribution in [-0.4, -0.2) is 18.9 Å². The molecule has 3 atom stereocenters. The van der Waals surface area contributed by atoms with E-state index >= 15 is 0 Å². The molecule has 2 aliphatic carbocycles. The summed E-state index contributed by atoms with van der Waals surface area (Å²) in [5.41, 5.74) is 3.28. The van der Waals surface area contributed by atoms with Gasteiger partial charge in [0, 0.05) is 18.9 Å². The van der Waals surface area contributed by atoms with Crippen molar-refractivity contribution < 1.29 is 9.63 Å². The van der Waals surface area contributed by atoms with Crippen LogP contribution < -0.4 is 5.48 Å². The molecule has 0 aromatic heterocycles. The Labute approximate surface area is 90.5 Å². The van der Waals surface area contributed by atoms with E-state index in [1.54, 1.807) is 0 Å². The lowest BCUT2D eigenvalue weighted by atomic mass is 9.81. The van der Waals surface area contributed by atoms with Crippen molar-refractivity contribution >= 4 is 5.78 Å². The number of hydroxylamine groups is 1. The van der Waals surface area contributed by atoms with Gasteiger partial charge in [0.1, 0.15) is 5.78 Å². The summed E-state index contributed by atoms with van der Waals surface area (Å²) in [6.07, 6.45) is 6.73. The number of nitrogens with one attached hydrogen (secondary N) is 1. The third-order valence-electron chi connectivity index (χ3n) is 4.57. The molecule has 3 nitrogen and oxygen atoms in total. The van der Waals surface area contributed by atoms with E-state index in [1.165, 1.54) is 19.3 Å². The van der Waals surface area contributed by atoms with Crippen LogP contribution in [0.25, 0.3) is 0 Å². The zero-order valence-electron chi connectivity index (χ0n) is 9.13. The predicted octanol–water partition coefficient (Wildman–Crippen LogP) is 1.68. The molecule has 3 aliphatic rings. The Morgan fingerprint density at radius 3 is 3.07 bits per heavy atom. The number of hydrogen-bond donors (Lipinski definition) is 1. The maximum absolute atomic E-state index is 11.8. The molecule has 0 aromatic carbocycles. The molecule has 1 heterocycles. The maximum Gasteiger partial charge on any atom is 0.136 e. The van der Waals surface area contributed by atoms with Gasteiger partial charge in [-0.3, -0.25) is 4.79 Å². The van der Waals surface area contributed by atoms with Crippen molar-refractivity contribution in [2.75, 3.05) is 13.2 Å². The molecule has 1 aliphatic heterocycles. The van der Waals surface area contributed by atoms with Crippen LogP contribution in [-0.2, 0) is 9.63 Å². The number of Topliss-reactive ketones (excluding diaryl/α,β-unsaturated/α-hetero) is 1. The van der Waals surface area contributed by atoms with Gasteiger partial charge in [-0.25, -0.2) is 5.48 Å². The lowest BCUT2D eigenvalue weighted by Gasteiger charge is -2.33. The van der Waals surface area contributed by atoms with Crippen molar-refractivity contribution in [1.29, 1.82) is 0 Å². The van der Waals surface area contributed by atoms with Crippen molar-refractivity contribution in [3.8, 4) is 0 Å². The summed E-state index contributed by atoms with van der Waals surface area (Å²) < 4.78 is 0. The van der Waals surface area contributed by atoms with E-state index in [-0.39, 0.29) is 0 Å². The van der Waals surface area contributed by atoms with Crippen molar-refractivity contribution in [3.05, 3.63) is 0 Å². The first-order valence-corrected chi connectivity index (χ1v) is 6.16. The summed E-state index contributed by atoms with van der Waals surface area (Å²) in [5.74, 6) is 1.58. The highest BCUT2D eigenvalue weighted by Gasteiger charge is 2.49. The fraction of sp³-hybridized carbons (Fsp3) is 0.917. The second-order valence-electron chi connectivity index (χ2n) is 5.57. The Morgan fingerprint density at radius 2 is 2.33 bits per heavy atom. The monoisotopic (exact) mass is 209 g/mol. The van der Waals surface area contributed by atoms with Gasteiger partial charge in [0.05, 0.1) is 6.61 Å². The van der Waals surface area contributed by atoms with Crippen molar-refractivity contribution in [2.45, 2.75) is 38.5 Å². The standard InChI is InChI=1S/C12H19NO2/c14-11-3-1-2-9-6-12(7-10(9)11)4-5-13-15-8-12/h9-10,13H,1-8H2. The minimum absolute atomic E-state index is 0.334. The molecule has 3 fully saturated rings. The van der Waals surface area contributed by atoms with Gasteiger partial charge >= 0.3 is 0 Å². The van der Waals surface area contributed by atoms with E-state index in [9.17, 15) is 4.79 Å². The third-order valence-corrected chi connectivity index (χ3v) is 4.57. The van der Waals surface area contributed by atoms with Crippen LogP contribution in [0, 0.1) is 17.3 Å². The zero-order chi connectivity index (χ0) is 10.3. The molecule has 3 heteroatoms. The summed E-state index contributed by atoms with van der Waals surface area (Å²) in [7, 11) is 0. The Balaban J connectivity index is 1.77. The van der Waals surface area contributed by atoms with Gasteiger partial charge in [0.25, 0.3) is 0 Å². The Kier molecular flexibility index (Phi) is 2.33. The third kappa shape index (κ3) is 1.62. The molecule has 1 saturated heterocycles. The number of fused-ring (bicyclic) bond motifs is 1. The number of carbonyl (C=O) groups excluding carboxylic acids is 1. The lowest BCUT2D eigenvalue weighted by molar-refractivity contribution is -0.126. The highest BCUT2D eigenvalue weighted by Crippen LogP contribution is 2.52. The number of ketones is 1. The van der Waals surface area contributed by atoms with Gasteiger partial charge < -0.3 is 4.84 Å². The molecule has 0 aromatic rings. The van der Waals surface area contributed by atoms with E-state index < -0.39 is 0 Å². The SMILES string of the molecule is O=C1CCCC2CC3(CCNOC3)CC12. The van der Waals surface area contributed by atoms with Gasteiger partial charge in [-0.2, -0.15) is 0 Å². The molecule has 0 bridgehead atoms. The van der Waals surface area contributed by atoms with Crippen LogP contribution in [0.3, 0.4) is 0 Å². The van der Waals surface area contributed by atoms with Gasteiger partial charge in [0.15, 0.2) is 0 Å². The molecule has 1 N–H and O–H groups in total. The highest BCUT2D eigenvalue weighted by atomic mass is 16.6. The topological polar surface area (TPSA) is 38.3 Å². The predicted molar refractivity (Wildman–Crippen MR) is 56.1 cm³/mol. The van der Waals surface area contributed by atoms with Crippen LogP contribution in [0.4, 0.5) is 0 Å². The lowest BCUT2D eigenvalue weighted by Crippen LogP contribution is -2.38. The molecule has 1 spiro atoms. The normalized spacial score (nSPS) is 45.7. The molecule has 15 heavy (non-hydrogen) atoms. The van der Waals surface area contributed by atoms with Gasteiger partial charge in [-0.15, -0.1) is 0 Å². The minimum Gasteiger partial charge on any atom is -0.301 e. The second-order valence-corrected chi connectivity index (χ2v) is 5.57. The van der Waals surface area contributed by atoms with Gasteiger partial charge in [0.2, 0.25) is 0 Å². The summed E-state index contributed by atoms with van der Waals surface area (Å²) >= 11 is 0. The van der Waals surface area contributed by atoms with Crippen LogP contribution in [0.2, 0.25) is 0 Å². The summed E-state index contributed by atoms with van der Waals surface area (Å²) in [4.78, 5) is 17.2. The number of rotatable bonds is 0. The van der Waals surface area contributed by atoms with Crippen LogP contribution in [0.1, 0.15) is 38.5 Å². The Morgan fingerprint density at radius 1 is 1.40 bits per heavy atom. The van der Waals surface area contributed by atoms with Crippen LogP contribution in [0.5, 0.6) is 0 Å². The van der Waals surface area contributed by atoms with Crippen molar-refractivity contribution in [3.63, 3.8) is 0 Å². The minimum atomic E-state index is 0.334. The first-order valence-electron chi connectivity index (χ1n) is 6.16. The number of carbonyl (C=O) groups is 1. The highest BCUT2D eigenvalue weighted by molar-refractivity contribution is 5.82. The molecule has 3 unspecified atom stereocenters. The average Bonchev–Trinajstić information content (AvgIpc) is 2.59. The maximum atomic E-state index is 11.8. The smallest absolute Gasteiger partial charge is 0.136 e. The molecule has 2 saturated carbocycles. The molecule has 0 amide bonds. The summed E-state index contributed by atoms with van der Waals surface area (Å²) in [5, 5.41) is 0. The molecular formula is C12H19NO2. The van der Waals surface area contributed by atoms with E-state index in [0.29, 0.717) is 23.0 Å². The second kappa shape index (κ2) is 3.56. The van der Waals surface area contributed by atoms with Gasteiger partial charge in [-0.05, 0) is 43.4 Å². The Hall–Kier alpha value is -0.410. The van der Waals surface area contributed by atoms with Crippen molar-refractivity contribution in [2.24, 2.45) is 17.3 Å². The molecular weight excluding hydrogens is 190 g/mol. The van der Waals surface area contributed by atoms with E-state index in [4.69, 9.17) is 4.84 Å². The Bertz CT molecular complexity index is 271. The van der Waals surface area contributed by atoms with Crippen LogP contribution >= 0.6 is 0 Å². The quantitative estimate of drug-likeness (QED) is 0.659. The number of hydrogen-bond acceptors (Lipinski definition) is 3. The zero-order valence-corrected chi connectivity index (χ0v) is 9.13. The first kappa shape index (κ1) is 9.79. The fourth-order valence-corrected chi connectivity index (χ4v) is 3.81. The van der Waals surface area contributed by atoms with Crippen molar-refractivity contribution in [1.82, 2.24) is 5.48 Å². The first-order chi connectivity index (χ1) is 7.29. The molecule has 0 radical (unpaired) electrons. The van der Waals surface area contributed by atoms with E-state index in [2.05, 4.69) is 5.48 Å². The average molecular weight is 209 g/mol. The molecule has 3 rings (SSSR count). The van der Waals surface area contributed by atoms with E-state index in [0.717, 1.165) is 32.4 Å². The summed E-state index contributed by atoms with van der Waals surface area (Å²) in [6.45, 7) is 1.76. The van der Waals surface area contributed by atoms with Gasteiger partial charge in [-0.1, -0.05) is 0 Å². The fourth-order valence-electron chi connectivity index (χ4n) is 3.81. The molecule has 84 valence electrons. The summed E-state index contributed by atoms with van der Waals surface area (Å²) in [6, 6.07) is 0. The van der Waals surface area contributed by atoms with E-state index in [1.807, 2.05) is 0 Å². The largest absolute Gasteiger partial charge is 0.301 e.